The van der Waals surface area contributed by atoms with Crippen LogP contribution >= 0.6 is 0 Å². The van der Waals surface area contributed by atoms with Crippen molar-refractivity contribution in [3.63, 3.8) is 0 Å². The Morgan fingerprint density at radius 3 is 2.78 bits per heavy atom. The summed E-state index contributed by atoms with van der Waals surface area (Å²) in [6.07, 6.45) is 5.23. The van der Waals surface area contributed by atoms with Crippen molar-refractivity contribution in [2.45, 2.75) is 13.3 Å². The van der Waals surface area contributed by atoms with Crippen molar-refractivity contribution >= 4 is 17.5 Å². The number of anilines is 2. The Bertz CT molecular complexity index is 561. The maximum atomic E-state index is 10.6. The number of rotatable bonds is 4. The molecule has 0 aromatic carbocycles. The molecule has 0 aliphatic heterocycles. The number of carboxylic acids is 1. The molecular weight excluding hydrogens is 234 g/mol. The fourth-order valence-corrected chi connectivity index (χ4v) is 1.54. The zero-order valence-corrected chi connectivity index (χ0v) is 10.1. The standard InChI is InChI=1S/C11H13N5O2/c1-3-7-9(6-16(2)15-7)14-10-5-12-8(4-13-10)11(17)18/h4-6H,3H2,1-2H3,(H,13,14)(H,17,18). The highest BCUT2D eigenvalue weighted by molar-refractivity contribution is 5.85. The first-order valence-corrected chi connectivity index (χ1v) is 5.45. The van der Waals surface area contributed by atoms with Gasteiger partial charge in [0.25, 0.3) is 0 Å². The van der Waals surface area contributed by atoms with E-state index in [0.717, 1.165) is 17.8 Å². The predicted octanol–water partition coefficient (Wildman–Crippen LogP) is 1.21. The molecule has 0 aliphatic rings. The third-order valence-electron chi connectivity index (χ3n) is 2.37. The summed E-state index contributed by atoms with van der Waals surface area (Å²) in [6.45, 7) is 2.01. The van der Waals surface area contributed by atoms with Crippen LogP contribution in [0.4, 0.5) is 11.5 Å². The zero-order chi connectivity index (χ0) is 13.1. The molecule has 18 heavy (non-hydrogen) atoms. The Morgan fingerprint density at radius 2 is 2.22 bits per heavy atom. The average Bonchev–Trinajstić information content (AvgIpc) is 2.70. The smallest absolute Gasteiger partial charge is 0.356 e. The van der Waals surface area contributed by atoms with E-state index in [-0.39, 0.29) is 5.69 Å². The molecule has 7 heteroatoms. The fourth-order valence-electron chi connectivity index (χ4n) is 1.54. The van der Waals surface area contributed by atoms with Crippen LogP contribution in [0.15, 0.2) is 18.6 Å². The van der Waals surface area contributed by atoms with Crippen molar-refractivity contribution < 1.29 is 9.90 Å². The second kappa shape index (κ2) is 4.82. The largest absolute Gasteiger partial charge is 0.476 e. The van der Waals surface area contributed by atoms with Gasteiger partial charge in [-0.2, -0.15) is 5.10 Å². The summed E-state index contributed by atoms with van der Waals surface area (Å²) in [5.74, 6) is -0.604. The summed E-state index contributed by atoms with van der Waals surface area (Å²) in [6, 6.07) is 0. The molecular formula is C11H13N5O2. The molecule has 2 aromatic rings. The molecule has 0 spiro atoms. The van der Waals surface area contributed by atoms with E-state index < -0.39 is 5.97 Å². The highest BCUT2D eigenvalue weighted by Gasteiger charge is 2.08. The number of aromatic nitrogens is 4. The third-order valence-corrected chi connectivity index (χ3v) is 2.37. The molecule has 2 rings (SSSR count). The van der Waals surface area contributed by atoms with Crippen molar-refractivity contribution in [2.75, 3.05) is 5.32 Å². The van der Waals surface area contributed by atoms with Gasteiger partial charge in [-0.25, -0.2) is 14.8 Å². The number of nitrogens with zero attached hydrogens (tertiary/aromatic N) is 4. The van der Waals surface area contributed by atoms with E-state index in [9.17, 15) is 4.79 Å². The highest BCUT2D eigenvalue weighted by Crippen LogP contribution is 2.18. The summed E-state index contributed by atoms with van der Waals surface area (Å²) < 4.78 is 1.71. The summed E-state index contributed by atoms with van der Waals surface area (Å²) >= 11 is 0. The van der Waals surface area contributed by atoms with E-state index in [1.54, 1.807) is 4.68 Å². The second-order valence-electron chi connectivity index (χ2n) is 3.73. The van der Waals surface area contributed by atoms with Gasteiger partial charge in [-0.15, -0.1) is 0 Å². The van der Waals surface area contributed by atoms with E-state index in [2.05, 4.69) is 20.4 Å². The van der Waals surface area contributed by atoms with Crippen LogP contribution in [-0.4, -0.2) is 30.8 Å². The van der Waals surface area contributed by atoms with Crippen LogP contribution in [0.2, 0.25) is 0 Å². The Labute approximate surface area is 104 Å². The van der Waals surface area contributed by atoms with Gasteiger partial charge >= 0.3 is 5.97 Å². The molecule has 0 saturated heterocycles. The Kier molecular flexibility index (Phi) is 3.22. The average molecular weight is 247 g/mol. The molecule has 7 nitrogen and oxygen atoms in total. The SMILES string of the molecule is CCc1nn(C)cc1Nc1cnc(C(=O)O)cn1. The molecule has 0 bridgehead atoms. The summed E-state index contributed by atoms with van der Waals surface area (Å²) in [7, 11) is 1.84. The van der Waals surface area contributed by atoms with Gasteiger partial charge < -0.3 is 10.4 Å². The summed E-state index contributed by atoms with van der Waals surface area (Å²) in [5.41, 5.74) is 1.68. The van der Waals surface area contributed by atoms with Crippen LogP contribution in [0.25, 0.3) is 0 Å². The Morgan fingerprint density at radius 1 is 1.44 bits per heavy atom. The van der Waals surface area contributed by atoms with E-state index in [1.807, 2.05) is 20.2 Å². The molecule has 0 unspecified atom stereocenters. The van der Waals surface area contributed by atoms with E-state index in [1.165, 1.54) is 12.4 Å². The van der Waals surface area contributed by atoms with Crippen molar-refractivity contribution in [2.24, 2.45) is 7.05 Å². The van der Waals surface area contributed by atoms with Crippen LogP contribution in [0.1, 0.15) is 23.1 Å². The minimum absolute atomic E-state index is 0.0811. The maximum absolute atomic E-state index is 10.6. The molecule has 0 saturated carbocycles. The molecule has 94 valence electrons. The molecule has 2 heterocycles. The van der Waals surface area contributed by atoms with Crippen LogP contribution in [0.5, 0.6) is 0 Å². The van der Waals surface area contributed by atoms with E-state index >= 15 is 0 Å². The second-order valence-corrected chi connectivity index (χ2v) is 3.73. The Balaban J connectivity index is 2.20. The van der Waals surface area contributed by atoms with Crippen LogP contribution in [-0.2, 0) is 13.5 Å². The topological polar surface area (TPSA) is 92.9 Å². The minimum Gasteiger partial charge on any atom is -0.476 e. The van der Waals surface area contributed by atoms with Gasteiger partial charge in [0, 0.05) is 13.2 Å². The van der Waals surface area contributed by atoms with Gasteiger partial charge in [0.15, 0.2) is 5.69 Å². The minimum atomic E-state index is -1.09. The third kappa shape index (κ3) is 2.45. The first kappa shape index (κ1) is 12.0. The number of aromatic carboxylic acids is 1. The lowest BCUT2D eigenvalue weighted by Gasteiger charge is -2.03. The van der Waals surface area contributed by atoms with Crippen molar-refractivity contribution in [3.8, 4) is 0 Å². The first-order valence-electron chi connectivity index (χ1n) is 5.45. The van der Waals surface area contributed by atoms with Gasteiger partial charge in [0.2, 0.25) is 0 Å². The quantitative estimate of drug-likeness (QED) is 0.843. The van der Waals surface area contributed by atoms with Crippen molar-refractivity contribution in [3.05, 3.63) is 30.0 Å². The normalized spacial score (nSPS) is 10.3. The van der Waals surface area contributed by atoms with Gasteiger partial charge in [-0.1, -0.05) is 6.92 Å². The number of carboxylic acid groups (broad SMARTS) is 1. The van der Waals surface area contributed by atoms with Gasteiger partial charge in [-0.05, 0) is 6.42 Å². The number of hydrogen-bond acceptors (Lipinski definition) is 5. The molecule has 2 N–H and O–H groups in total. The van der Waals surface area contributed by atoms with E-state index in [0.29, 0.717) is 5.82 Å². The fraction of sp³-hybridized carbons (Fsp3) is 0.273. The summed E-state index contributed by atoms with van der Waals surface area (Å²) in [4.78, 5) is 18.4. The van der Waals surface area contributed by atoms with Gasteiger partial charge in [0.1, 0.15) is 5.82 Å². The van der Waals surface area contributed by atoms with Crippen LogP contribution in [0, 0.1) is 0 Å². The van der Waals surface area contributed by atoms with Gasteiger partial charge in [-0.3, -0.25) is 4.68 Å². The zero-order valence-electron chi connectivity index (χ0n) is 10.1. The molecule has 0 aliphatic carbocycles. The van der Waals surface area contributed by atoms with Gasteiger partial charge in [0.05, 0.1) is 23.8 Å². The number of nitrogens with one attached hydrogen (secondary N) is 1. The first-order chi connectivity index (χ1) is 8.60. The summed E-state index contributed by atoms with van der Waals surface area (Å²) in [5, 5.41) is 16.1. The molecule has 0 radical (unpaired) electrons. The number of aryl methyl sites for hydroxylation is 2. The van der Waals surface area contributed by atoms with Crippen molar-refractivity contribution in [1.29, 1.82) is 0 Å². The molecule has 2 aromatic heterocycles. The van der Waals surface area contributed by atoms with Crippen molar-refractivity contribution in [1.82, 2.24) is 19.7 Å². The van der Waals surface area contributed by atoms with E-state index in [4.69, 9.17) is 5.11 Å². The predicted molar refractivity (Wildman–Crippen MR) is 64.9 cm³/mol. The monoisotopic (exact) mass is 247 g/mol. The lowest BCUT2D eigenvalue weighted by atomic mass is 10.3. The number of carbonyl (C=O) groups is 1. The number of hydrogen-bond donors (Lipinski definition) is 2. The molecule has 0 amide bonds. The lowest BCUT2D eigenvalue weighted by Crippen LogP contribution is -2.03. The molecule has 0 fully saturated rings. The highest BCUT2D eigenvalue weighted by atomic mass is 16.4. The molecule has 0 atom stereocenters. The lowest BCUT2D eigenvalue weighted by molar-refractivity contribution is 0.0690. The Hall–Kier alpha value is -2.44. The van der Waals surface area contributed by atoms with Crippen LogP contribution < -0.4 is 5.32 Å². The van der Waals surface area contributed by atoms with Crippen LogP contribution in [0.3, 0.4) is 0 Å². The maximum Gasteiger partial charge on any atom is 0.356 e.